The monoisotopic (exact) mass is 1090 g/mol. The first-order valence-electron chi connectivity index (χ1n) is 20.2. The molecule has 0 bridgehead atoms. The molecule has 0 aromatic heterocycles. The van der Waals surface area contributed by atoms with Crippen LogP contribution >= 0.6 is 0 Å². The van der Waals surface area contributed by atoms with Crippen molar-refractivity contribution in [2.45, 2.75) is 138 Å². The SMILES string of the molecule is C[C]1[C](C)[C](C)[C](C)[C]1C.C[C]1[C](C)[C](C)[C](C)[C]1C.C[C]1[C](C)[C](C)[C](C)[C]1C.C[C]1[C](C)[C](C)[C](C)[C]1C.O=C(O)c1ccccc1.O=C(O)c1ccccc1.[Sm].[Sm]. The molecule has 0 amide bonds. The summed E-state index contributed by atoms with van der Waals surface area (Å²) in [5, 5.41) is 16.8. The number of hydrogen-bond donors (Lipinski definition) is 2. The van der Waals surface area contributed by atoms with Crippen molar-refractivity contribution in [3.05, 3.63) is 190 Å². The third kappa shape index (κ3) is 17.5. The van der Waals surface area contributed by atoms with Crippen LogP contribution in [0, 0.1) is 199 Å². The summed E-state index contributed by atoms with van der Waals surface area (Å²) in [5.41, 5.74) is 0.662. The van der Waals surface area contributed by atoms with E-state index in [1.807, 2.05) is 0 Å². The van der Waals surface area contributed by atoms with Gasteiger partial charge in [-0.3, -0.25) is 0 Å². The van der Waals surface area contributed by atoms with Crippen molar-refractivity contribution < 1.29 is 101 Å². The van der Waals surface area contributed by atoms with Crippen LogP contribution in [0.3, 0.4) is 0 Å². The van der Waals surface area contributed by atoms with Crippen LogP contribution in [0.5, 0.6) is 0 Å². The summed E-state index contributed by atoms with van der Waals surface area (Å²) in [4.78, 5) is 20.4. The molecule has 6 heteroatoms. The Balaban J connectivity index is 0. The topological polar surface area (TPSA) is 74.6 Å². The largest absolute Gasteiger partial charge is 0.478 e. The van der Waals surface area contributed by atoms with Crippen LogP contribution < -0.4 is 0 Å². The van der Waals surface area contributed by atoms with E-state index in [4.69, 9.17) is 10.2 Å². The van der Waals surface area contributed by atoms with E-state index >= 15 is 0 Å². The second-order valence-corrected chi connectivity index (χ2v) is 15.8. The quantitative estimate of drug-likeness (QED) is 0.314. The molecule has 0 atom stereocenters. The van der Waals surface area contributed by atoms with Crippen LogP contribution in [0.15, 0.2) is 60.7 Å². The van der Waals surface area contributed by atoms with Crippen LogP contribution in [0.2, 0.25) is 0 Å². The van der Waals surface area contributed by atoms with Gasteiger partial charge >= 0.3 is 11.9 Å². The molecule has 0 heterocycles. The number of aromatic carboxylic acids is 2. The van der Waals surface area contributed by atoms with Crippen molar-refractivity contribution in [1.29, 1.82) is 0 Å². The Labute approximate surface area is 436 Å². The predicted octanol–water partition coefficient (Wildman–Crippen LogP) is 14.7. The van der Waals surface area contributed by atoms with Gasteiger partial charge in [0.2, 0.25) is 0 Å². The molecule has 20 radical (unpaired) electrons. The van der Waals surface area contributed by atoms with Gasteiger partial charge in [-0.15, -0.1) is 0 Å². The van der Waals surface area contributed by atoms with Gasteiger partial charge in [0.05, 0.1) is 11.1 Å². The Morgan fingerprint density at radius 1 is 0.250 bits per heavy atom. The molecule has 4 aliphatic rings. The molecule has 6 rings (SSSR count). The zero-order valence-electron chi connectivity index (χ0n) is 40.3. The number of benzene rings is 2. The summed E-state index contributed by atoms with van der Waals surface area (Å²) < 4.78 is 0. The Kier molecular flexibility index (Phi) is 30.6. The first-order valence-corrected chi connectivity index (χ1v) is 20.2. The number of carboxylic acid groups (broad SMARTS) is 2. The minimum Gasteiger partial charge on any atom is -0.478 e. The summed E-state index contributed by atoms with van der Waals surface area (Å²) in [6.45, 7) is 44.0. The maximum atomic E-state index is 10.2. The van der Waals surface area contributed by atoms with Gasteiger partial charge in [0.1, 0.15) is 0 Å². The summed E-state index contributed by atoms with van der Waals surface area (Å²) in [7, 11) is 0. The molecule has 4 saturated carbocycles. The molecular formula is C54H72O4Sm2. The Bertz CT molecular complexity index is 1100. The van der Waals surface area contributed by atoms with Crippen LogP contribution in [0.4, 0.5) is 0 Å². The molecule has 0 spiro atoms. The standard InChI is InChI=1S/4C10H15.2C7H6O2.2Sm/c4*1-6-7(2)9(4)10(5)8(6)3;2*8-7(9)6-4-2-1-3-5-6;;/h4*1-5H3;2*1-5H,(H,8,9);;. The van der Waals surface area contributed by atoms with E-state index in [0.29, 0.717) is 11.1 Å². The van der Waals surface area contributed by atoms with E-state index in [1.54, 1.807) is 60.7 Å². The normalized spacial score (nSPS) is 21.7. The Morgan fingerprint density at radius 2 is 0.350 bits per heavy atom. The third-order valence-corrected chi connectivity index (χ3v) is 13.3. The summed E-state index contributed by atoms with van der Waals surface area (Å²) in [5.74, 6) is 27.6. The number of carboxylic acids is 2. The Hall–Kier alpha value is 0.0553. The van der Waals surface area contributed by atoms with E-state index < -0.39 is 11.9 Å². The van der Waals surface area contributed by atoms with Crippen LogP contribution in [-0.4, -0.2) is 22.2 Å². The minimum absolute atomic E-state index is 0. The summed E-state index contributed by atoms with van der Waals surface area (Å²) >= 11 is 0. The molecule has 0 saturated heterocycles. The molecule has 0 aliphatic heterocycles. The van der Waals surface area contributed by atoms with E-state index in [9.17, 15) is 9.59 Å². The maximum Gasteiger partial charge on any atom is 0.335 e. The fourth-order valence-electron chi connectivity index (χ4n) is 6.79. The van der Waals surface area contributed by atoms with Crippen molar-refractivity contribution in [2.75, 3.05) is 0 Å². The van der Waals surface area contributed by atoms with Crippen LogP contribution in [0.25, 0.3) is 0 Å². The van der Waals surface area contributed by atoms with Crippen LogP contribution in [0.1, 0.15) is 159 Å². The maximum absolute atomic E-state index is 10.2. The molecule has 0 unspecified atom stereocenters. The summed E-state index contributed by atoms with van der Waals surface area (Å²) in [6, 6.07) is 16.6. The van der Waals surface area contributed by atoms with Gasteiger partial charge in [0.25, 0.3) is 0 Å². The van der Waals surface area contributed by atoms with E-state index in [2.05, 4.69) is 138 Å². The van der Waals surface area contributed by atoms with Crippen molar-refractivity contribution in [1.82, 2.24) is 0 Å². The number of rotatable bonds is 2. The smallest absolute Gasteiger partial charge is 0.335 e. The predicted molar refractivity (Wildman–Crippen MR) is 245 cm³/mol. The molecule has 60 heavy (non-hydrogen) atoms. The first-order chi connectivity index (χ1) is 26.8. The van der Waals surface area contributed by atoms with Gasteiger partial charge in [0.15, 0.2) is 0 Å². The molecule has 2 aromatic carbocycles. The molecule has 324 valence electrons. The second-order valence-electron chi connectivity index (χ2n) is 15.8. The zero-order chi connectivity index (χ0) is 44.9. The average Bonchev–Trinajstić information content (AvgIpc) is 3.66. The fourth-order valence-corrected chi connectivity index (χ4v) is 6.79. The van der Waals surface area contributed by atoms with Crippen molar-refractivity contribution in [3.63, 3.8) is 0 Å². The number of hydrogen-bond acceptors (Lipinski definition) is 2. The van der Waals surface area contributed by atoms with Gasteiger partial charge in [0, 0.05) is 80.8 Å². The third-order valence-electron chi connectivity index (χ3n) is 13.3. The van der Waals surface area contributed by atoms with Gasteiger partial charge in [-0.2, -0.15) is 0 Å². The van der Waals surface area contributed by atoms with Gasteiger partial charge in [-0.25, -0.2) is 9.59 Å². The van der Waals surface area contributed by atoms with Crippen molar-refractivity contribution in [3.8, 4) is 0 Å². The van der Waals surface area contributed by atoms with Crippen molar-refractivity contribution >= 4 is 11.9 Å². The number of carbonyl (C=O) groups is 2. The summed E-state index contributed by atoms with van der Waals surface area (Å²) in [6.07, 6.45) is 0. The fraction of sp³-hybridized carbons (Fsp3) is 0.370. The van der Waals surface area contributed by atoms with Crippen molar-refractivity contribution in [2.24, 2.45) is 0 Å². The Morgan fingerprint density at radius 3 is 0.417 bits per heavy atom. The molecular weight excluding hydrogens is 1010 g/mol. The zero-order valence-corrected chi connectivity index (χ0v) is 45.5. The van der Waals surface area contributed by atoms with Crippen LogP contribution in [-0.2, 0) is 0 Å². The molecule has 4 aliphatic carbocycles. The molecule has 2 N–H and O–H groups in total. The van der Waals surface area contributed by atoms with Gasteiger partial charge < -0.3 is 10.2 Å². The van der Waals surface area contributed by atoms with Gasteiger partial charge in [-0.05, 0) is 143 Å². The molecule has 2 aromatic rings. The van der Waals surface area contributed by atoms with E-state index in [-0.39, 0.29) is 80.8 Å². The van der Waals surface area contributed by atoms with E-state index in [0.717, 1.165) is 0 Å². The molecule has 4 nitrogen and oxygen atoms in total. The van der Waals surface area contributed by atoms with Gasteiger partial charge in [-0.1, -0.05) is 175 Å². The van der Waals surface area contributed by atoms with E-state index in [1.165, 1.54) is 118 Å². The first kappa shape index (κ1) is 62.1. The minimum atomic E-state index is -0.879. The molecule has 4 fully saturated rings. The average molecular weight is 1090 g/mol. The second kappa shape index (κ2) is 29.6.